The first kappa shape index (κ1) is 12.6. The van der Waals surface area contributed by atoms with Crippen LogP contribution in [0.15, 0.2) is 72.8 Å². The second-order valence-corrected chi connectivity index (χ2v) is 6.75. The van der Waals surface area contributed by atoms with Crippen LogP contribution in [-0.4, -0.2) is 0 Å². The Bertz CT molecular complexity index is 654. The molecule has 0 aromatic heterocycles. The topological polar surface area (TPSA) is 0 Å². The van der Waals surface area contributed by atoms with Gasteiger partial charge in [0.2, 0.25) is 0 Å². The summed E-state index contributed by atoms with van der Waals surface area (Å²) in [6.07, 6.45) is 4.68. The van der Waals surface area contributed by atoms with Gasteiger partial charge in [0.1, 0.15) is 0 Å². The van der Waals surface area contributed by atoms with Gasteiger partial charge in [-0.2, -0.15) is 0 Å². The van der Waals surface area contributed by atoms with Crippen molar-refractivity contribution in [2.45, 2.75) is 13.8 Å². The first-order valence-electron chi connectivity index (χ1n) is 7.72. The quantitative estimate of drug-likeness (QED) is 0.683. The summed E-state index contributed by atoms with van der Waals surface area (Å²) in [5.41, 5.74) is 6.12. The van der Waals surface area contributed by atoms with E-state index in [0.29, 0.717) is 17.3 Å². The van der Waals surface area contributed by atoms with Crippen LogP contribution in [0.4, 0.5) is 0 Å². The lowest BCUT2D eigenvalue weighted by atomic mass is 9.90. The van der Waals surface area contributed by atoms with Gasteiger partial charge < -0.3 is 0 Å². The van der Waals surface area contributed by atoms with E-state index in [9.17, 15) is 0 Å². The summed E-state index contributed by atoms with van der Waals surface area (Å²) in [6, 6.07) is 21.7. The summed E-state index contributed by atoms with van der Waals surface area (Å²) >= 11 is 0. The fourth-order valence-electron chi connectivity index (χ4n) is 4.00. The molecule has 21 heavy (non-hydrogen) atoms. The van der Waals surface area contributed by atoms with Crippen LogP contribution in [0.25, 0.3) is 11.1 Å². The minimum Gasteiger partial charge on any atom is -0.0622 e. The minimum absolute atomic E-state index is 0.361. The first-order valence-corrected chi connectivity index (χ1v) is 7.72. The predicted octanol–water partition coefficient (Wildman–Crippen LogP) is 5.44. The van der Waals surface area contributed by atoms with Crippen LogP contribution in [-0.2, 0) is 0 Å². The Morgan fingerprint density at radius 1 is 0.619 bits per heavy atom. The fourth-order valence-corrected chi connectivity index (χ4v) is 4.00. The van der Waals surface area contributed by atoms with Crippen LogP contribution in [0.2, 0.25) is 0 Å². The molecule has 0 nitrogen and oxygen atoms in total. The molecule has 1 fully saturated rings. The van der Waals surface area contributed by atoms with E-state index in [1.807, 2.05) is 0 Å². The maximum Gasteiger partial charge on any atom is -0.00242 e. The summed E-state index contributed by atoms with van der Waals surface area (Å²) in [7, 11) is 0. The maximum atomic E-state index is 2.40. The average Bonchev–Trinajstić information content (AvgIpc) is 3.12. The van der Waals surface area contributed by atoms with Crippen molar-refractivity contribution in [1.29, 1.82) is 0 Å². The lowest BCUT2D eigenvalue weighted by Gasteiger charge is -2.14. The number of allylic oxidation sites excluding steroid dienone is 4. The number of rotatable bonds is 2. The third-order valence-corrected chi connectivity index (χ3v) is 5.15. The molecule has 0 heteroatoms. The van der Waals surface area contributed by atoms with Gasteiger partial charge in [0.15, 0.2) is 0 Å². The largest absolute Gasteiger partial charge is 0.0622 e. The second kappa shape index (κ2) is 4.46. The number of benzene rings is 2. The Kier molecular flexibility index (Phi) is 2.68. The highest BCUT2D eigenvalue weighted by molar-refractivity contribution is 5.86. The molecule has 104 valence electrons. The van der Waals surface area contributed by atoms with Crippen molar-refractivity contribution in [3.63, 3.8) is 0 Å². The highest BCUT2D eigenvalue weighted by Gasteiger charge is 2.61. The first-order chi connectivity index (χ1) is 10.2. The molecule has 0 radical (unpaired) electrons. The molecule has 0 heterocycles. The summed E-state index contributed by atoms with van der Waals surface area (Å²) in [5, 5.41) is 0. The van der Waals surface area contributed by atoms with Gasteiger partial charge in [0.05, 0.1) is 0 Å². The SMILES string of the molecule is CC1(C)C2C(c3ccccc3)=CC=C(c3ccccc3)C21. The van der Waals surface area contributed by atoms with Crippen LogP contribution in [0.1, 0.15) is 25.0 Å². The highest BCUT2D eigenvalue weighted by Crippen LogP contribution is 2.69. The standard InChI is InChI=1S/C21H20/c1-21(2)19-17(15-9-5-3-6-10-15)13-14-18(20(19)21)16-11-7-4-8-12-16/h3-14,19-20H,1-2H3. The third-order valence-electron chi connectivity index (χ3n) is 5.15. The maximum absolute atomic E-state index is 2.40. The molecule has 2 atom stereocenters. The predicted molar refractivity (Wildman–Crippen MR) is 89.6 cm³/mol. The van der Waals surface area contributed by atoms with Gasteiger partial charge in [-0.3, -0.25) is 0 Å². The van der Waals surface area contributed by atoms with Crippen molar-refractivity contribution in [2.75, 3.05) is 0 Å². The molecule has 0 bridgehead atoms. The van der Waals surface area contributed by atoms with Crippen molar-refractivity contribution >= 4 is 11.1 Å². The van der Waals surface area contributed by atoms with Gasteiger partial charge in [-0.1, -0.05) is 86.7 Å². The number of hydrogen-bond donors (Lipinski definition) is 0. The molecule has 0 aliphatic heterocycles. The van der Waals surface area contributed by atoms with Crippen LogP contribution < -0.4 is 0 Å². The molecule has 0 N–H and O–H groups in total. The van der Waals surface area contributed by atoms with Gasteiger partial charge in [-0.25, -0.2) is 0 Å². The van der Waals surface area contributed by atoms with E-state index in [4.69, 9.17) is 0 Å². The van der Waals surface area contributed by atoms with E-state index in [1.54, 1.807) is 0 Å². The Hall–Kier alpha value is -2.08. The van der Waals surface area contributed by atoms with Crippen molar-refractivity contribution in [3.8, 4) is 0 Å². The molecule has 0 saturated heterocycles. The zero-order valence-electron chi connectivity index (χ0n) is 12.6. The number of hydrogen-bond acceptors (Lipinski definition) is 0. The van der Waals surface area contributed by atoms with Crippen LogP contribution >= 0.6 is 0 Å². The lowest BCUT2D eigenvalue weighted by molar-refractivity contribution is 0.594. The molecule has 2 aliphatic rings. The van der Waals surface area contributed by atoms with E-state index >= 15 is 0 Å². The molecule has 2 aliphatic carbocycles. The molecule has 2 unspecified atom stereocenters. The summed E-state index contributed by atoms with van der Waals surface area (Å²) in [5.74, 6) is 1.31. The Morgan fingerprint density at radius 3 is 1.38 bits per heavy atom. The minimum atomic E-state index is 0.361. The summed E-state index contributed by atoms with van der Waals surface area (Å²) in [6.45, 7) is 4.81. The molecule has 2 aromatic rings. The van der Waals surface area contributed by atoms with Gasteiger partial charge in [-0.05, 0) is 39.5 Å². The van der Waals surface area contributed by atoms with Crippen molar-refractivity contribution in [3.05, 3.63) is 83.9 Å². The Morgan fingerprint density at radius 2 is 1.00 bits per heavy atom. The molecule has 1 saturated carbocycles. The normalized spacial score (nSPS) is 25.6. The second-order valence-electron chi connectivity index (χ2n) is 6.75. The highest BCUT2D eigenvalue weighted by atomic mass is 14.6. The molecular formula is C21H20. The smallest absolute Gasteiger partial charge is 0.00242 e. The van der Waals surface area contributed by atoms with E-state index in [-0.39, 0.29) is 0 Å². The molecule has 0 amide bonds. The van der Waals surface area contributed by atoms with Gasteiger partial charge in [-0.15, -0.1) is 0 Å². The molecule has 4 rings (SSSR count). The van der Waals surface area contributed by atoms with E-state index < -0.39 is 0 Å². The van der Waals surface area contributed by atoms with E-state index in [2.05, 4.69) is 86.7 Å². The molecule has 0 spiro atoms. The van der Waals surface area contributed by atoms with Crippen molar-refractivity contribution < 1.29 is 0 Å². The van der Waals surface area contributed by atoms with Crippen LogP contribution in [0.5, 0.6) is 0 Å². The van der Waals surface area contributed by atoms with Gasteiger partial charge >= 0.3 is 0 Å². The van der Waals surface area contributed by atoms with Gasteiger partial charge in [0, 0.05) is 0 Å². The zero-order chi connectivity index (χ0) is 14.4. The number of fused-ring (bicyclic) bond motifs is 1. The van der Waals surface area contributed by atoms with E-state index in [0.717, 1.165) is 0 Å². The molecular weight excluding hydrogens is 252 g/mol. The van der Waals surface area contributed by atoms with Crippen molar-refractivity contribution in [2.24, 2.45) is 17.3 Å². The van der Waals surface area contributed by atoms with Crippen molar-refractivity contribution in [1.82, 2.24) is 0 Å². The Labute approximate surface area is 126 Å². The average molecular weight is 272 g/mol. The summed E-state index contributed by atoms with van der Waals surface area (Å²) < 4.78 is 0. The fraction of sp³-hybridized carbons (Fsp3) is 0.238. The zero-order valence-corrected chi connectivity index (χ0v) is 12.6. The Balaban J connectivity index is 1.80. The summed E-state index contributed by atoms with van der Waals surface area (Å²) in [4.78, 5) is 0. The lowest BCUT2D eigenvalue weighted by Crippen LogP contribution is -1.97. The van der Waals surface area contributed by atoms with Crippen LogP contribution in [0.3, 0.4) is 0 Å². The monoisotopic (exact) mass is 272 g/mol. The van der Waals surface area contributed by atoms with Gasteiger partial charge in [0.25, 0.3) is 0 Å². The third kappa shape index (κ3) is 1.90. The molecule has 2 aromatic carbocycles. The van der Waals surface area contributed by atoms with Crippen LogP contribution in [0, 0.1) is 17.3 Å². The van der Waals surface area contributed by atoms with E-state index in [1.165, 1.54) is 22.3 Å².